The lowest BCUT2D eigenvalue weighted by atomic mass is 10.1. The Morgan fingerprint density at radius 2 is 1.62 bits per heavy atom. The molecular weight excluding hydrogens is 426 g/mol. The van der Waals surface area contributed by atoms with E-state index in [0.29, 0.717) is 17.0 Å². The summed E-state index contributed by atoms with van der Waals surface area (Å²) in [6, 6.07) is 19.2. The number of carbonyl (C=O) groups excluding carboxylic acids is 2. The van der Waals surface area contributed by atoms with Gasteiger partial charge in [0.05, 0.1) is 9.82 Å². The number of hydrogen-bond donors (Lipinski definition) is 1. The van der Waals surface area contributed by atoms with Gasteiger partial charge in [-0.2, -0.15) is 0 Å². The molecule has 3 aromatic rings. The molecule has 32 heavy (non-hydrogen) atoms. The summed E-state index contributed by atoms with van der Waals surface area (Å²) in [6.45, 7) is 2.28. The number of nitrogens with zero attached hydrogens (tertiary/aromatic N) is 2. The zero-order chi connectivity index (χ0) is 23.3. The molecule has 0 radical (unpaired) electrons. The molecule has 3 rings (SSSR count). The van der Waals surface area contributed by atoms with Crippen LogP contribution in [0.25, 0.3) is 0 Å². The van der Waals surface area contributed by atoms with Crippen molar-refractivity contribution in [2.45, 2.75) is 23.3 Å². The Balaban J connectivity index is 1.76. The maximum absolute atomic E-state index is 12.9. The summed E-state index contributed by atoms with van der Waals surface area (Å²) in [5.41, 5.74) is 2.62. The summed E-state index contributed by atoms with van der Waals surface area (Å²) < 4.78 is 0. The predicted octanol–water partition coefficient (Wildman–Crippen LogP) is 4.69. The molecule has 0 bridgehead atoms. The van der Waals surface area contributed by atoms with Crippen LogP contribution in [0.1, 0.15) is 31.8 Å². The Kier molecular flexibility index (Phi) is 7.27. The van der Waals surface area contributed by atoms with Crippen molar-refractivity contribution in [1.29, 1.82) is 0 Å². The van der Waals surface area contributed by atoms with Crippen molar-refractivity contribution < 1.29 is 14.5 Å². The lowest BCUT2D eigenvalue weighted by molar-refractivity contribution is -0.387. The van der Waals surface area contributed by atoms with Crippen LogP contribution < -0.4 is 5.32 Å². The van der Waals surface area contributed by atoms with Crippen LogP contribution in [0.5, 0.6) is 0 Å². The summed E-state index contributed by atoms with van der Waals surface area (Å²) in [5.74, 6) is -0.507. The fourth-order valence-electron chi connectivity index (χ4n) is 3.08. The Hall–Kier alpha value is -3.65. The van der Waals surface area contributed by atoms with Crippen LogP contribution in [0, 0.1) is 17.0 Å². The minimum absolute atomic E-state index is 0.107. The highest BCUT2D eigenvalue weighted by molar-refractivity contribution is 7.99. The second-order valence-electron chi connectivity index (χ2n) is 7.29. The van der Waals surface area contributed by atoms with E-state index in [1.807, 2.05) is 31.2 Å². The van der Waals surface area contributed by atoms with E-state index in [-0.39, 0.29) is 23.1 Å². The number of amides is 2. The molecule has 0 unspecified atom stereocenters. The van der Waals surface area contributed by atoms with E-state index in [2.05, 4.69) is 5.32 Å². The molecule has 2 amide bonds. The van der Waals surface area contributed by atoms with E-state index in [9.17, 15) is 19.7 Å². The summed E-state index contributed by atoms with van der Waals surface area (Å²) >= 11 is 1.29. The third kappa shape index (κ3) is 5.53. The SMILES string of the molecule is CNC(=O)c1ccc(CN(C)C(=O)c2ccc(Sc3ccc(C)cc3)c([N+](=O)[O-])c2)cc1. The molecule has 1 N–H and O–H groups in total. The molecule has 7 nitrogen and oxygen atoms in total. The summed E-state index contributed by atoms with van der Waals surface area (Å²) in [6.07, 6.45) is 0. The molecule has 0 fully saturated rings. The smallest absolute Gasteiger partial charge is 0.284 e. The first-order chi connectivity index (χ1) is 15.3. The summed E-state index contributed by atoms with van der Waals surface area (Å²) in [5, 5.41) is 14.2. The number of carbonyl (C=O) groups is 2. The van der Waals surface area contributed by atoms with Crippen molar-refractivity contribution in [2.75, 3.05) is 14.1 Å². The summed E-state index contributed by atoms with van der Waals surface area (Å²) in [4.78, 5) is 38.6. The van der Waals surface area contributed by atoms with E-state index in [4.69, 9.17) is 0 Å². The van der Waals surface area contributed by atoms with Gasteiger partial charge in [0, 0.05) is 42.7 Å². The highest BCUT2D eigenvalue weighted by atomic mass is 32.2. The Morgan fingerprint density at radius 1 is 1.00 bits per heavy atom. The number of hydrogen-bond acceptors (Lipinski definition) is 5. The standard InChI is InChI=1S/C24H23N3O4S/c1-16-4-11-20(12-5-16)32-22-13-10-19(14-21(22)27(30)31)24(29)26(3)15-17-6-8-18(9-7-17)23(28)25-2/h4-14H,15H2,1-3H3,(H,25,28). The van der Waals surface area contributed by atoms with Gasteiger partial charge in [-0.05, 0) is 48.9 Å². The average molecular weight is 450 g/mol. The molecular formula is C24H23N3O4S. The number of benzene rings is 3. The van der Waals surface area contributed by atoms with Gasteiger partial charge in [-0.3, -0.25) is 19.7 Å². The summed E-state index contributed by atoms with van der Waals surface area (Å²) in [7, 11) is 3.20. The molecule has 8 heteroatoms. The van der Waals surface area contributed by atoms with Crippen LogP contribution in [0.3, 0.4) is 0 Å². The fraction of sp³-hybridized carbons (Fsp3) is 0.167. The molecule has 0 spiro atoms. The number of nitro groups is 1. The van der Waals surface area contributed by atoms with E-state index >= 15 is 0 Å². The van der Waals surface area contributed by atoms with Crippen molar-refractivity contribution in [3.8, 4) is 0 Å². The zero-order valence-corrected chi connectivity index (χ0v) is 18.8. The first-order valence-corrected chi connectivity index (χ1v) is 10.7. The molecule has 0 aromatic heterocycles. The second kappa shape index (κ2) is 10.1. The van der Waals surface area contributed by atoms with Crippen molar-refractivity contribution in [2.24, 2.45) is 0 Å². The number of rotatable bonds is 7. The molecule has 0 saturated heterocycles. The maximum Gasteiger partial charge on any atom is 0.284 e. The van der Waals surface area contributed by atoms with Crippen LogP contribution in [0.4, 0.5) is 5.69 Å². The molecule has 0 saturated carbocycles. The van der Waals surface area contributed by atoms with Crippen molar-refractivity contribution in [1.82, 2.24) is 10.2 Å². The topological polar surface area (TPSA) is 92.6 Å². The van der Waals surface area contributed by atoms with E-state index in [0.717, 1.165) is 16.0 Å². The van der Waals surface area contributed by atoms with Gasteiger partial charge in [0.1, 0.15) is 0 Å². The second-order valence-corrected chi connectivity index (χ2v) is 8.41. The largest absolute Gasteiger partial charge is 0.355 e. The molecule has 3 aromatic carbocycles. The Bertz CT molecular complexity index is 1140. The van der Waals surface area contributed by atoms with E-state index in [1.165, 1.54) is 22.7 Å². The van der Waals surface area contributed by atoms with Crippen molar-refractivity contribution >= 4 is 29.3 Å². The van der Waals surface area contributed by atoms with Crippen molar-refractivity contribution in [3.05, 3.63) is 99.1 Å². The van der Waals surface area contributed by atoms with Gasteiger partial charge >= 0.3 is 0 Å². The monoisotopic (exact) mass is 449 g/mol. The number of nitro benzene ring substituents is 1. The van der Waals surface area contributed by atoms with Crippen LogP contribution in [0.15, 0.2) is 76.5 Å². The first-order valence-electron chi connectivity index (χ1n) is 9.88. The zero-order valence-electron chi connectivity index (χ0n) is 18.0. The fourth-order valence-corrected chi connectivity index (χ4v) is 3.98. The quantitative estimate of drug-likeness (QED) is 0.417. The van der Waals surface area contributed by atoms with Crippen LogP contribution >= 0.6 is 11.8 Å². The highest BCUT2D eigenvalue weighted by Crippen LogP contribution is 2.35. The third-order valence-electron chi connectivity index (χ3n) is 4.86. The lowest BCUT2D eigenvalue weighted by Gasteiger charge is -2.18. The Labute approximate surface area is 190 Å². The number of aryl methyl sites for hydroxylation is 1. The van der Waals surface area contributed by atoms with Crippen LogP contribution in [-0.2, 0) is 6.54 Å². The van der Waals surface area contributed by atoms with Crippen molar-refractivity contribution in [3.63, 3.8) is 0 Å². The van der Waals surface area contributed by atoms with Gasteiger partial charge in [-0.25, -0.2) is 0 Å². The maximum atomic E-state index is 12.9. The third-order valence-corrected chi connectivity index (χ3v) is 5.93. The molecule has 0 heterocycles. The first kappa shape index (κ1) is 23.0. The minimum Gasteiger partial charge on any atom is -0.355 e. The van der Waals surface area contributed by atoms with Gasteiger partial charge in [-0.15, -0.1) is 0 Å². The normalized spacial score (nSPS) is 10.5. The van der Waals surface area contributed by atoms with E-state index < -0.39 is 4.92 Å². The minimum atomic E-state index is -0.467. The van der Waals surface area contributed by atoms with Crippen LogP contribution in [0.2, 0.25) is 0 Å². The molecule has 0 aliphatic rings. The van der Waals surface area contributed by atoms with E-state index in [1.54, 1.807) is 50.5 Å². The van der Waals surface area contributed by atoms with Gasteiger partial charge in [0.2, 0.25) is 0 Å². The Morgan fingerprint density at radius 3 is 2.22 bits per heavy atom. The lowest BCUT2D eigenvalue weighted by Crippen LogP contribution is -2.26. The van der Waals surface area contributed by atoms with Gasteiger partial charge in [0.25, 0.3) is 17.5 Å². The number of nitrogens with one attached hydrogen (secondary N) is 1. The highest BCUT2D eigenvalue weighted by Gasteiger charge is 2.20. The van der Waals surface area contributed by atoms with Gasteiger partial charge in [-0.1, -0.05) is 41.6 Å². The van der Waals surface area contributed by atoms with Gasteiger partial charge < -0.3 is 10.2 Å². The van der Waals surface area contributed by atoms with Crippen LogP contribution in [-0.4, -0.2) is 35.7 Å². The molecule has 164 valence electrons. The molecule has 0 aliphatic carbocycles. The van der Waals surface area contributed by atoms with Gasteiger partial charge in [0.15, 0.2) is 0 Å². The average Bonchev–Trinajstić information content (AvgIpc) is 2.80. The molecule has 0 aliphatic heterocycles. The predicted molar refractivity (Wildman–Crippen MR) is 124 cm³/mol. The molecule has 0 atom stereocenters.